The van der Waals surface area contributed by atoms with Crippen molar-refractivity contribution in [3.05, 3.63) is 23.0 Å². The number of sulfonamides is 1. The molecule has 2 rings (SSSR count). The number of benzene rings is 1. The molecule has 4 nitrogen and oxygen atoms in total. The third kappa shape index (κ3) is 3.05. The fourth-order valence-corrected chi connectivity index (χ4v) is 5.86. The number of nitrogens with two attached hydrogens (primary N) is 1. The molecule has 1 heterocycles. The number of thioether (sulfide) groups is 1. The Kier molecular flexibility index (Phi) is 4.53. The summed E-state index contributed by atoms with van der Waals surface area (Å²) >= 11 is 7.61. The Morgan fingerprint density at radius 1 is 1.35 bits per heavy atom. The molecule has 0 spiro atoms. The first-order valence-corrected chi connectivity index (χ1v) is 8.88. The highest BCUT2D eigenvalue weighted by Gasteiger charge is 2.33. The third-order valence-corrected chi connectivity index (χ3v) is 6.58. The third-order valence-electron chi connectivity index (χ3n) is 3.06. The maximum atomic E-state index is 13.3. The van der Waals surface area contributed by atoms with Crippen molar-refractivity contribution in [1.29, 1.82) is 0 Å². The first kappa shape index (κ1) is 15.9. The van der Waals surface area contributed by atoms with Crippen molar-refractivity contribution < 1.29 is 12.8 Å². The molecule has 0 bridgehead atoms. The number of halogens is 2. The van der Waals surface area contributed by atoms with Gasteiger partial charge >= 0.3 is 0 Å². The molecule has 1 aliphatic heterocycles. The Morgan fingerprint density at radius 3 is 2.45 bits per heavy atom. The van der Waals surface area contributed by atoms with Crippen LogP contribution in [0.3, 0.4) is 0 Å². The summed E-state index contributed by atoms with van der Waals surface area (Å²) in [6.07, 6.45) is 0. The number of nitrogens with zero attached hydrogens (tertiary/aromatic N) is 1. The minimum absolute atomic E-state index is 0.135. The lowest BCUT2D eigenvalue weighted by Crippen LogP contribution is -2.44. The average molecular weight is 339 g/mol. The van der Waals surface area contributed by atoms with Crippen LogP contribution in [0.5, 0.6) is 0 Å². The highest BCUT2D eigenvalue weighted by atomic mass is 35.5. The predicted molar refractivity (Wildman–Crippen MR) is 81.1 cm³/mol. The van der Waals surface area contributed by atoms with Gasteiger partial charge in [-0.05, 0) is 12.1 Å². The summed E-state index contributed by atoms with van der Waals surface area (Å²) in [5.41, 5.74) is 5.23. The van der Waals surface area contributed by atoms with Crippen molar-refractivity contribution in [3.8, 4) is 0 Å². The first-order valence-electron chi connectivity index (χ1n) is 6.12. The molecule has 0 amide bonds. The van der Waals surface area contributed by atoms with E-state index in [0.717, 1.165) is 12.1 Å². The SMILES string of the molecule is CC1CN(S(=O)(=O)c2cc(N)c(F)cc2Cl)CC(C)S1. The molecule has 0 aromatic heterocycles. The van der Waals surface area contributed by atoms with Crippen LogP contribution in [-0.2, 0) is 10.0 Å². The number of hydrogen-bond acceptors (Lipinski definition) is 4. The average Bonchev–Trinajstić information content (AvgIpc) is 2.32. The summed E-state index contributed by atoms with van der Waals surface area (Å²) in [6.45, 7) is 4.77. The molecule has 2 atom stereocenters. The lowest BCUT2D eigenvalue weighted by molar-refractivity contribution is 0.405. The van der Waals surface area contributed by atoms with Crippen molar-refractivity contribution in [2.45, 2.75) is 29.2 Å². The normalized spacial score (nSPS) is 24.8. The maximum absolute atomic E-state index is 13.3. The van der Waals surface area contributed by atoms with Gasteiger partial charge in [0.15, 0.2) is 0 Å². The lowest BCUT2D eigenvalue weighted by atomic mass is 10.3. The lowest BCUT2D eigenvalue weighted by Gasteiger charge is -2.33. The molecule has 8 heteroatoms. The van der Waals surface area contributed by atoms with E-state index in [0.29, 0.717) is 13.1 Å². The first-order chi connectivity index (χ1) is 9.21. The smallest absolute Gasteiger partial charge is 0.244 e. The fraction of sp³-hybridized carbons (Fsp3) is 0.500. The summed E-state index contributed by atoms with van der Waals surface area (Å²) < 4.78 is 39.9. The minimum atomic E-state index is -3.76. The van der Waals surface area contributed by atoms with E-state index in [4.69, 9.17) is 17.3 Å². The van der Waals surface area contributed by atoms with E-state index >= 15 is 0 Å². The Balaban J connectivity index is 2.42. The molecule has 1 aromatic carbocycles. The quantitative estimate of drug-likeness (QED) is 0.842. The van der Waals surface area contributed by atoms with Gasteiger partial charge in [-0.2, -0.15) is 16.1 Å². The summed E-state index contributed by atoms with van der Waals surface area (Å²) in [6, 6.07) is 2.03. The van der Waals surface area contributed by atoms with E-state index in [1.165, 1.54) is 4.31 Å². The van der Waals surface area contributed by atoms with Gasteiger partial charge in [0.1, 0.15) is 10.7 Å². The van der Waals surface area contributed by atoms with Crippen LogP contribution in [-0.4, -0.2) is 36.3 Å². The van der Waals surface area contributed by atoms with Crippen LogP contribution in [0.2, 0.25) is 5.02 Å². The van der Waals surface area contributed by atoms with Gasteiger partial charge in [-0.15, -0.1) is 0 Å². The molecular weight excluding hydrogens is 323 g/mol. The molecule has 112 valence electrons. The molecule has 20 heavy (non-hydrogen) atoms. The van der Waals surface area contributed by atoms with Crippen LogP contribution in [0.1, 0.15) is 13.8 Å². The molecular formula is C12H16ClFN2O2S2. The summed E-state index contributed by atoms with van der Waals surface area (Å²) in [5.74, 6) is -0.718. The molecule has 2 N–H and O–H groups in total. The monoisotopic (exact) mass is 338 g/mol. The van der Waals surface area contributed by atoms with E-state index < -0.39 is 15.8 Å². The van der Waals surface area contributed by atoms with E-state index in [-0.39, 0.29) is 26.1 Å². The Bertz CT molecular complexity index is 614. The van der Waals surface area contributed by atoms with Crippen molar-refractivity contribution in [3.63, 3.8) is 0 Å². The standard InChI is InChI=1S/C12H16ClFN2O2S2/c1-7-5-16(6-8(2)19-7)20(17,18)12-4-11(15)10(14)3-9(12)13/h3-4,7-8H,5-6,15H2,1-2H3. The van der Waals surface area contributed by atoms with E-state index in [1.54, 1.807) is 11.8 Å². The van der Waals surface area contributed by atoms with Gasteiger partial charge in [0.25, 0.3) is 0 Å². The molecule has 0 aliphatic carbocycles. The molecule has 2 unspecified atom stereocenters. The van der Waals surface area contributed by atoms with Gasteiger partial charge in [-0.3, -0.25) is 0 Å². The van der Waals surface area contributed by atoms with Gasteiger partial charge in [0.2, 0.25) is 10.0 Å². The zero-order chi connectivity index (χ0) is 15.1. The highest BCUT2D eigenvalue weighted by Crippen LogP contribution is 2.33. The topological polar surface area (TPSA) is 63.4 Å². The van der Waals surface area contributed by atoms with Crippen LogP contribution >= 0.6 is 23.4 Å². The Morgan fingerprint density at radius 2 is 1.90 bits per heavy atom. The van der Waals surface area contributed by atoms with Gasteiger partial charge in [-0.25, -0.2) is 12.8 Å². The zero-order valence-electron chi connectivity index (χ0n) is 11.1. The second kappa shape index (κ2) is 5.71. The van der Waals surface area contributed by atoms with E-state index in [2.05, 4.69) is 0 Å². The molecule has 0 saturated carbocycles. The molecule has 0 radical (unpaired) electrons. The zero-order valence-corrected chi connectivity index (χ0v) is 13.5. The Hall–Kier alpha value is -0.500. The van der Waals surface area contributed by atoms with Gasteiger partial charge in [0, 0.05) is 23.6 Å². The van der Waals surface area contributed by atoms with Gasteiger partial charge in [0.05, 0.1) is 10.7 Å². The van der Waals surface area contributed by atoms with Crippen LogP contribution in [0, 0.1) is 5.82 Å². The summed E-state index contributed by atoms with van der Waals surface area (Å²) in [5, 5.41) is 0.255. The molecule has 1 aromatic rings. The van der Waals surface area contributed by atoms with E-state index in [1.807, 2.05) is 13.8 Å². The number of anilines is 1. The second-order valence-electron chi connectivity index (χ2n) is 4.88. The van der Waals surface area contributed by atoms with Crippen LogP contribution < -0.4 is 5.73 Å². The van der Waals surface area contributed by atoms with Gasteiger partial charge < -0.3 is 5.73 Å². The highest BCUT2D eigenvalue weighted by molar-refractivity contribution is 8.00. The predicted octanol–water partition coefficient (Wildman–Crippen LogP) is 2.58. The number of hydrogen-bond donors (Lipinski definition) is 1. The summed E-state index contributed by atoms with van der Waals surface area (Å²) in [7, 11) is -3.76. The Labute approximate surface area is 127 Å². The van der Waals surface area contributed by atoms with E-state index in [9.17, 15) is 12.8 Å². The van der Waals surface area contributed by atoms with Crippen LogP contribution in [0.15, 0.2) is 17.0 Å². The molecule has 1 saturated heterocycles. The summed E-state index contributed by atoms with van der Waals surface area (Å²) in [4.78, 5) is -0.135. The number of nitrogen functional groups attached to an aromatic ring is 1. The second-order valence-corrected chi connectivity index (χ2v) is 9.08. The van der Waals surface area contributed by atoms with Crippen molar-refractivity contribution in [2.75, 3.05) is 18.8 Å². The van der Waals surface area contributed by atoms with Crippen molar-refractivity contribution in [2.24, 2.45) is 0 Å². The molecule has 1 fully saturated rings. The van der Waals surface area contributed by atoms with Gasteiger partial charge in [-0.1, -0.05) is 25.4 Å². The maximum Gasteiger partial charge on any atom is 0.244 e. The minimum Gasteiger partial charge on any atom is -0.396 e. The van der Waals surface area contributed by atoms with Crippen molar-refractivity contribution >= 4 is 39.1 Å². The van der Waals surface area contributed by atoms with Crippen molar-refractivity contribution in [1.82, 2.24) is 4.31 Å². The number of rotatable bonds is 2. The largest absolute Gasteiger partial charge is 0.396 e. The molecule has 1 aliphatic rings. The van der Waals surface area contributed by atoms with Crippen LogP contribution in [0.4, 0.5) is 10.1 Å². The van der Waals surface area contributed by atoms with Crippen LogP contribution in [0.25, 0.3) is 0 Å². The fourth-order valence-electron chi connectivity index (χ4n) is 2.21.